The number of aromatic nitrogens is 4. The molecule has 0 aliphatic carbocycles. The highest BCUT2D eigenvalue weighted by molar-refractivity contribution is 6.31. The molecule has 3 aromatic rings. The fourth-order valence-corrected chi connectivity index (χ4v) is 4.98. The lowest BCUT2D eigenvalue weighted by Crippen LogP contribution is -2.37. The van der Waals surface area contributed by atoms with Gasteiger partial charge in [0.2, 0.25) is 5.89 Å². The van der Waals surface area contributed by atoms with Gasteiger partial charge in [0.25, 0.3) is 5.95 Å². The van der Waals surface area contributed by atoms with Crippen molar-refractivity contribution in [2.45, 2.75) is 38.6 Å². The van der Waals surface area contributed by atoms with E-state index in [2.05, 4.69) is 20.4 Å². The van der Waals surface area contributed by atoms with Crippen LogP contribution in [0, 0.1) is 5.92 Å². The molecule has 0 unspecified atom stereocenters. The number of likely N-dealkylation sites (tertiary alicyclic amines) is 1. The molecule has 0 bridgehead atoms. The quantitative estimate of drug-likeness (QED) is 0.670. The number of fused-ring (bicyclic) bond motifs is 1. The van der Waals surface area contributed by atoms with Crippen LogP contribution in [0.1, 0.15) is 38.0 Å². The molecule has 2 aliphatic rings. The Hall–Kier alpha value is -2.16. The second kappa shape index (κ2) is 8.17. The number of hydrogen-bond acceptors (Lipinski definition) is 6. The maximum Gasteiger partial charge on any atom is 0.336 e. The summed E-state index contributed by atoms with van der Waals surface area (Å²) in [5.74, 6) is 1.92. The minimum absolute atomic E-state index is 0.179. The molecule has 160 valence electrons. The Bertz CT molecular complexity index is 1090. The Balaban J connectivity index is 1.36. The Morgan fingerprint density at radius 3 is 2.80 bits per heavy atom. The minimum Gasteiger partial charge on any atom is -0.337 e. The van der Waals surface area contributed by atoms with Crippen molar-refractivity contribution in [2.24, 2.45) is 5.92 Å². The molecule has 2 aliphatic heterocycles. The molecule has 0 amide bonds. The molecule has 1 N–H and O–H groups in total. The van der Waals surface area contributed by atoms with E-state index in [4.69, 9.17) is 16.1 Å². The topological polar surface area (TPSA) is 81.1 Å². The third kappa shape index (κ3) is 3.57. The Morgan fingerprint density at radius 2 is 2.07 bits per heavy atom. The highest BCUT2D eigenvalue weighted by atomic mass is 35.5. The van der Waals surface area contributed by atoms with E-state index in [1.807, 2.05) is 13.0 Å². The van der Waals surface area contributed by atoms with Crippen LogP contribution in [0.3, 0.4) is 0 Å². The average Bonchev–Trinajstić information content (AvgIpc) is 3.48. The number of nitrogens with zero attached hydrogens (tertiary/aromatic N) is 5. The van der Waals surface area contributed by atoms with Crippen molar-refractivity contribution in [3.8, 4) is 5.95 Å². The van der Waals surface area contributed by atoms with Crippen LogP contribution in [0.2, 0.25) is 5.02 Å². The van der Waals surface area contributed by atoms with E-state index in [1.165, 1.54) is 17.5 Å². The first kappa shape index (κ1) is 19.8. The van der Waals surface area contributed by atoms with Crippen molar-refractivity contribution in [3.05, 3.63) is 39.6 Å². The number of benzene rings is 1. The predicted octanol–water partition coefficient (Wildman–Crippen LogP) is 2.64. The van der Waals surface area contributed by atoms with E-state index >= 15 is 0 Å². The SMILES string of the molecule is CCn1c(=O)n(-c2noc(C3CCN(C[C@@H]4CCNC4)CC3)n2)c2cc(Cl)ccc21. The predicted molar refractivity (Wildman–Crippen MR) is 115 cm³/mol. The molecule has 1 atom stereocenters. The fourth-order valence-electron chi connectivity index (χ4n) is 4.81. The summed E-state index contributed by atoms with van der Waals surface area (Å²) in [7, 11) is 0. The van der Waals surface area contributed by atoms with Crippen molar-refractivity contribution >= 4 is 22.6 Å². The molecule has 2 aromatic heterocycles. The van der Waals surface area contributed by atoms with Crippen molar-refractivity contribution in [1.29, 1.82) is 0 Å². The number of rotatable bonds is 5. The smallest absolute Gasteiger partial charge is 0.336 e. The molecule has 5 rings (SSSR count). The van der Waals surface area contributed by atoms with E-state index in [1.54, 1.807) is 16.7 Å². The van der Waals surface area contributed by atoms with Crippen LogP contribution in [-0.4, -0.2) is 56.9 Å². The molecule has 8 nitrogen and oxygen atoms in total. The molecule has 2 saturated heterocycles. The lowest BCUT2D eigenvalue weighted by molar-refractivity contribution is 0.174. The number of halogens is 1. The van der Waals surface area contributed by atoms with Gasteiger partial charge in [0.1, 0.15) is 0 Å². The third-order valence-corrected chi connectivity index (χ3v) is 6.69. The van der Waals surface area contributed by atoms with Gasteiger partial charge in [0.15, 0.2) is 0 Å². The lowest BCUT2D eigenvalue weighted by atomic mass is 9.95. The first-order valence-corrected chi connectivity index (χ1v) is 11.2. The molecule has 0 radical (unpaired) electrons. The van der Waals surface area contributed by atoms with Crippen LogP contribution in [0.15, 0.2) is 27.5 Å². The van der Waals surface area contributed by atoms with Crippen LogP contribution >= 0.6 is 11.6 Å². The van der Waals surface area contributed by atoms with E-state index in [9.17, 15) is 4.79 Å². The molecular formula is C21H27ClN6O2. The van der Waals surface area contributed by atoms with Crippen molar-refractivity contribution in [2.75, 3.05) is 32.7 Å². The highest BCUT2D eigenvalue weighted by Gasteiger charge is 2.28. The molecule has 30 heavy (non-hydrogen) atoms. The standard InChI is InChI=1S/C21H27ClN6O2/c1-2-27-17-4-3-16(22)11-18(17)28(21(27)29)20-24-19(30-25-20)15-6-9-26(10-7-15)13-14-5-8-23-12-14/h3-4,11,14-15,23H,2,5-10,12-13H2,1H3/t14-/m1/s1. The van der Waals surface area contributed by atoms with Gasteiger partial charge >= 0.3 is 5.69 Å². The second-order valence-corrected chi connectivity index (χ2v) is 8.80. The van der Waals surface area contributed by atoms with Crippen LogP contribution in [0.5, 0.6) is 0 Å². The van der Waals surface area contributed by atoms with Gasteiger partial charge in [-0.3, -0.25) is 4.57 Å². The summed E-state index contributed by atoms with van der Waals surface area (Å²) in [4.78, 5) is 20.1. The summed E-state index contributed by atoms with van der Waals surface area (Å²) in [5, 5.41) is 8.16. The van der Waals surface area contributed by atoms with Gasteiger partial charge in [0, 0.05) is 24.0 Å². The molecule has 4 heterocycles. The summed E-state index contributed by atoms with van der Waals surface area (Å²) >= 11 is 6.19. The number of piperidine rings is 1. The van der Waals surface area contributed by atoms with Gasteiger partial charge < -0.3 is 14.7 Å². The monoisotopic (exact) mass is 430 g/mol. The normalized spacial score (nSPS) is 21.1. The summed E-state index contributed by atoms with van der Waals surface area (Å²) in [6.45, 7) is 8.04. The molecule has 0 spiro atoms. The first-order chi connectivity index (χ1) is 14.6. The summed E-state index contributed by atoms with van der Waals surface area (Å²) in [6, 6.07) is 5.42. The number of aryl methyl sites for hydroxylation is 1. The van der Waals surface area contributed by atoms with E-state index in [0.717, 1.165) is 50.5 Å². The molecule has 9 heteroatoms. The van der Waals surface area contributed by atoms with Gasteiger partial charge in [-0.1, -0.05) is 11.6 Å². The molecule has 2 fully saturated rings. The van der Waals surface area contributed by atoms with Gasteiger partial charge in [-0.2, -0.15) is 4.98 Å². The van der Waals surface area contributed by atoms with Crippen LogP contribution in [-0.2, 0) is 6.54 Å². The highest BCUT2D eigenvalue weighted by Crippen LogP contribution is 2.29. The minimum atomic E-state index is -0.179. The zero-order valence-corrected chi connectivity index (χ0v) is 17.9. The van der Waals surface area contributed by atoms with E-state index < -0.39 is 0 Å². The van der Waals surface area contributed by atoms with Crippen LogP contribution in [0.4, 0.5) is 0 Å². The van der Waals surface area contributed by atoms with Crippen LogP contribution < -0.4 is 11.0 Å². The lowest BCUT2D eigenvalue weighted by Gasteiger charge is -2.31. The molecule has 1 aromatic carbocycles. The number of imidazole rings is 1. The Labute approximate surface area is 179 Å². The van der Waals surface area contributed by atoms with Gasteiger partial charge in [-0.25, -0.2) is 9.36 Å². The van der Waals surface area contributed by atoms with Crippen LogP contribution in [0.25, 0.3) is 17.0 Å². The fraction of sp³-hybridized carbons (Fsp3) is 0.571. The van der Waals surface area contributed by atoms with Crippen molar-refractivity contribution < 1.29 is 4.52 Å². The Kier molecular flexibility index (Phi) is 5.39. The second-order valence-electron chi connectivity index (χ2n) is 8.36. The maximum atomic E-state index is 13.0. The maximum absolute atomic E-state index is 13.0. The number of hydrogen-bond donors (Lipinski definition) is 1. The summed E-state index contributed by atoms with van der Waals surface area (Å²) < 4.78 is 8.81. The summed E-state index contributed by atoms with van der Waals surface area (Å²) in [6.07, 6.45) is 3.27. The third-order valence-electron chi connectivity index (χ3n) is 6.45. The van der Waals surface area contributed by atoms with E-state index in [0.29, 0.717) is 23.0 Å². The molecule has 0 saturated carbocycles. The zero-order chi connectivity index (χ0) is 20.7. The average molecular weight is 431 g/mol. The van der Waals surface area contributed by atoms with Crippen molar-refractivity contribution in [3.63, 3.8) is 0 Å². The first-order valence-electron chi connectivity index (χ1n) is 10.8. The number of nitrogens with one attached hydrogen (secondary N) is 1. The summed E-state index contributed by atoms with van der Waals surface area (Å²) in [5.41, 5.74) is 1.33. The zero-order valence-electron chi connectivity index (χ0n) is 17.2. The Morgan fingerprint density at radius 1 is 1.23 bits per heavy atom. The van der Waals surface area contributed by atoms with Gasteiger partial charge in [0.05, 0.1) is 11.0 Å². The van der Waals surface area contributed by atoms with Crippen molar-refractivity contribution in [1.82, 2.24) is 29.5 Å². The molecular weight excluding hydrogens is 404 g/mol. The van der Waals surface area contributed by atoms with E-state index in [-0.39, 0.29) is 17.6 Å². The van der Waals surface area contributed by atoms with Gasteiger partial charge in [-0.05, 0) is 81.6 Å². The van der Waals surface area contributed by atoms with Gasteiger partial charge in [-0.15, -0.1) is 0 Å². The largest absolute Gasteiger partial charge is 0.337 e.